The molecular formula is C17H25ClN4O5. The number of nitrogens with one attached hydrogen (secondary N) is 3. The molecule has 10 heteroatoms. The number of carbonyl (C=O) groups excluding carboxylic acids is 3. The Kier molecular flexibility index (Phi) is 11.4. The summed E-state index contributed by atoms with van der Waals surface area (Å²) in [5.41, 5.74) is 6.22. The number of anilines is 1. The number of amides is 3. The molecule has 1 aromatic carbocycles. The quantitative estimate of drug-likeness (QED) is 0.380. The number of carboxylic acids is 1. The summed E-state index contributed by atoms with van der Waals surface area (Å²) >= 11 is 0. The van der Waals surface area contributed by atoms with Crippen molar-refractivity contribution in [2.75, 3.05) is 11.9 Å². The van der Waals surface area contributed by atoms with Gasteiger partial charge in [-0.1, -0.05) is 31.5 Å². The van der Waals surface area contributed by atoms with Gasteiger partial charge in [0.1, 0.15) is 6.04 Å². The molecule has 1 rings (SSSR count). The zero-order chi connectivity index (χ0) is 19.5. The third-order valence-corrected chi connectivity index (χ3v) is 3.43. The van der Waals surface area contributed by atoms with Crippen LogP contribution in [0.3, 0.4) is 0 Å². The van der Waals surface area contributed by atoms with E-state index < -0.39 is 42.2 Å². The van der Waals surface area contributed by atoms with Crippen molar-refractivity contribution in [1.82, 2.24) is 10.6 Å². The van der Waals surface area contributed by atoms with Crippen molar-refractivity contribution in [3.63, 3.8) is 0 Å². The third kappa shape index (κ3) is 9.57. The van der Waals surface area contributed by atoms with E-state index in [-0.39, 0.29) is 19.0 Å². The van der Waals surface area contributed by atoms with E-state index in [0.717, 1.165) is 0 Å². The van der Waals surface area contributed by atoms with E-state index in [0.29, 0.717) is 18.5 Å². The number of hydrogen-bond donors (Lipinski definition) is 5. The van der Waals surface area contributed by atoms with Gasteiger partial charge in [-0.3, -0.25) is 19.2 Å². The summed E-state index contributed by atoms with van der Waals surface area (Å²) < 4.78 is 0. The molecule has 0 saturated heterocycles. The van der Waals surface area contributed by atoms with E-state index in [4.69, 9.17) is 10.8 Å². The molecule has 9 nitrogen and oxygen atoms in total. The maximum atomic E-state index is 12.1. The number of halogens is 1. The van der Waals surface area contributed by atoms with Gasteiger partial charge in [-0.2, -0.15) is 0 Å². The lowest BCUT2D eigenvalue weighted by atomic mass is 10.1. The normalized spacial score (nSPS) is 12.1. The first-order valence-electron chi connectivity index (χ1n) is 8.23. The van der Waals surface area contributed by atoms with E-state index in [1.807, 2.05) is 6.92 Å². The first kappa shape index (κ1) is 24.4. The van der Waals surface area contributed by atoms with Crippen LogP contribution in [0.1, 0.15) is 26.2 Å². The highest BCUT2D eigenvalue weighted by Crippen LogP contribution is 2.04. The second-order valence-corrected chi connectivity index (χ2v) is 5.69. The summed E-state index contributed by atoms with van der Waals surface area (Å²) in [6.45, 7) is 1.49. The van der Waals surface area contributed by atoms with Crippen molar-refractivity contribution in [1.29, 1.82) is 0 Å². The smallest absolute Gasteiger partial charge is 0.305 e. The minimum absolute atomic E-state index is 0. The Morgan fingerprint density at radius 2 is 1.74 bits per heavy atom. The monoisotopic (exact) mass is 400 g/mol. The Morgan fingerprint density at radius 3 is 2.30 bits per heavy atom. The Bertz CT molecular complexity index is 641. The summed E-state index contributed by atoms with van der Waals surface area (Å²) in [6.07, 6.45) is 0.466. The van der Waals surface area contributed by atoms with Gasteiger partial charge in [-0.25, -0.2) is 0 Å². The maximum Gasteiger partial charge on any atom is 0.305 e. The zero-order valence-corrected chi connectivity index (χ0v) is 15.8. The molecule has 1 aromatic rings. The van der Waals surface area contributed by atoms with Gasteiger partial charge >= 0.3 is 5.97 Å². The number of carbonyl (C=O) groups is 4. The van der Waals surface area contributed by atoms with Crippen LogP contribution in [-0.4, -0.2) is 47.4 Å². The van der Waals surface area contributed by atoms with Crippen LogP contribution in [0, 0.1) is 0 Å². The lowest BCUT2D eigenvalue weighted by Gasteiger charge is -2.19. The molecule has 0 aliphatic heterocycles. The van der Waals surface area contributed by atoms with Crippen LogP contribution in [0.4, 0.5) is 5.69 Å². The lowest BCUT2D eigenvalue weighted by molar-refractivity contribution is -0.140. The lowest BCUT2D eigenvalue weighted by Crippen LogP contribution is -2.53. The molecule has 0 aromatic heterocycles. The van der Waals surface area contributed by atoms with Crippen LogP contribution in [0.15, 0.2) is 30.3 Å². The first-order valence-corrected chi connectivity index (χ1v) is 8.23. The first-order chi connectivity index (χ1) is 12.3. The predicted octanol–water partition coefficient (Wildman–Crippen LogP) is 0.250. The highest BCUT2D eigenvalue weighted by Gasteiger charge is 2.26. The van der Waals surface area contributed by atoms with Crippen molar-refractivity contribution in [2.24, 2.45) is 5.73 Å². The van der Waals surface area contributed by atoms with Crippen molar-refractivity contribution >= 4 is 41.8 Å². The van der Waals surface area contributed by atoms with Gasteiger partial charge < -0.3 is 26.8 Å². The molecule has 0 aliphatic carbocycles. The van der Waals surface area contributed by atoms with Crippen molar-refractivity contribution in [3.8, 4) is 0 Å². The SMILES string of the molecule is CCC[C@H](N)C(=O)N[C@@H](CC(=O)O)C(=O)NCC(=O)Nc1ccccc1.Cl. The Labute approximate surface area is 163 Å². The average Bonchev–Trinajstić information content (AvgIpc) is 2.59. The van der Waals surface area contributed by atoms with Crippen LogP contribution in [0.2, 0.25) is 0 Å². The molecule has 0 saturated carbocycles. The number of rotatable bonds is 10. The molecule has 0 spiro atoms. The topological polar surface area (TPSA) is 151 Å². The Hall–Kier alpha value is -2.65. The minimum Gasteiger partial charge on any atom is -0.481 e. The number of para-hydroxylation sites is 1. The molecule has 0 heterocycles. The highest BCUT2D eigenvalue weighted by molar-refractivity contribution is 5.97. The fourth-order valence-corrected chi connectivity index (χ4v) is 2.12. The molecule has 3 amide bonds. The second kappa shape index (κ2) is 12.7. The van der Waals surface area contributed by atoms with E-state index >= 15 is 0 Å². The molecule has 6 N–H and O–H groups in total. The molecule has 2 atom stereocenters. The van der Waals surface area contributed by atoms with E-state index in [9.17, 15) is 19.2 Å². The maximum absolute atomic E-state index is 12.1. The van der Waals surface area contributed by atoms with Crippen LogP contribution in [0.25, 0.3) is 0 Å². The van der Waals surface area contributed by atoms with Crippen molar-refractivity contribution < 1.29 is 24.3 Å². The largest absolute Gasteiger partial charge is 0.481 e. The number of benzene rings is 1. The molecule has 150 valence electrons. The molecule has 0 fully saturated rings. The van der Waals surface area contributed by atoms with E-state index in [1.54, 1.807) is 30.3 Å². The molecule has 0 aliphatic rings. The van der Waals surface area contributed by atoms with Gasteiger partial charge in [0, 0.05) is 5.69 Å². The fourth-order valence-electron chi connectivity index (χ4n) is 2.12. The van der Waals surface area contributed by atoms with Gasteiger partial charge in [0.25, 0.3) is 0 Å². The van der Waals surface area contributed by atoms with Crippen LogP contribution in [0.5, 0.6) is 0 Å². The molecule has 0 radical (unpaired) electrons. The average molecular weight is 401 g/mol. The van der Waals surface area contributed by atoms with Gasteiger partial charge in [0.2, 0.25) is 17.7 Å². The van der Waals surface area contributed by atoms with Crippen molar-refractivity contribution in [3.05, 3.63) is 30.3 Å². The second-order valence-electron chi connectivity index (χ2n) is 5.69. The van der Waals surface area contributed by atoms with Crippen LogP contribution >= 0.6 is 12.4 Å². The van der Waals surface area contributed by atoms with Gasteiger partial charge in [0.05, 0.1) is 19.0 Å². The van der Waals surface area contributed by atoms with Gasteiger partial charge in [-0.15, -0.1) is 12.4 Å². The number of carboxylic acid groups (broad SMARTS) is 1. The summed E-state index contributed by atoms with van der Waals surface area (Å²) in [5.74, 6) is -3.12. The standard InChI is InChI=1S/C17H24N4O5.ClH/c1-2-6-12(18)16(25)21-13(9-15(23)24)17(26)19-10-14(22)20-11-7-4-3-5-8-11;/h3-5,7-8,12-13H,2,6,9-10,18H2,1H3,(H,19,26)(H,20,22)(H,21,25)(H,23,24);1H/t12-,13-;/m0./s1. The number of aliphatic carboxylic acids is 1. The van der Waals surface area contributed by atoms with Crippen LogP contribution < -0.4 is 21.7 Å². The number of hydrogen-bond acceptors (Lipinski definition) is 5. The fraction of sp³-hybridized carbons (Fsp3) is 0.412. The minimum atomic E-state index is -1.31. The molecule has 0 bridgehead atoms. The van der Waals surface area contributed by atoms with Crippen LogP contribution in [-0.2, 0) is 19.2 Å². The molecule has 27 heavy (non-hydrogen) atoms. The summed E-state index contributed by atoms with van der Waals surface area (Å²) in [7, 11) is 0. The highest BCUT2D eigenvalue weighted by atomic mass is 35.5. The Morgan fingerprint density at radius 1 is 1.11 bits per heavy atom. The van der Waals surface area contributed by atoms with E-state index in [1.165, 1.54) is 0 Å². The summed E-state index contributed by atoms with van der Waals surface area (Å²) in [6, 6.07) is 6.50. The zero-order valence-electron chi connectivity index (χ0n) is 14.9. The third-order valence-electron chi connectivity index (χ3n) is 3.43. The Balaban J connectivity index is 0.00000676. The predicted molar refractivity (Wildman–Crippen MR) is 102 cm³/mol. The van der Waals surface area contributed by atoms with Crippen molar-refractivity contribution in [2.45, 2.75) is 38.3 Å². The summed E-state index contributed by atoms with van der Waals surface area (Å²) in [5, 5.41) is 16.1. The molecule has 0 unspecified atom stereocenters. The van der Waals surface area contributed by atoms with Gasteiger partial charge in [0.15, 0.2) is 0 Å². The summed E-state index contributed by atoms with van der Waals surface area (Å²) in [4.78, 5) is 46.8. The van der Waals surface area contributed by atoms with Gasteiger partial charge in [-0.05, 0) is 18.6 Å². The number of nitrogens with two attached hydrogens (primary N) is 1. The van der Waals surface area contributed by atoms with E-state index in [2.05, 4.69) is 16.0 Å². The molecular weight excluding hydrogens is 376 g/mol.